The summed E-state index contributed by atoms with van der Waals surface area (Å²) in [6, 6.07) is 4.40. The molecule has 0 saturated carbocycles. The third-order valence-electron chi connectivity index (χ3n) is 2.77. The molecule has 1 aliphatic heterocycles. The van der Waals surface area contributed by atoms with E-state index in [0.717, 1.165) is 6.42 Å². The van der Waals surface area contributed by atoms with Crippen molar-refractivity contribution < 1.29 is 14.3 Å². The number of carbonyl (C=O) groups is 2. The summed E-state index contributed by atoms with van der Waals surface area (Å²) < 4.78 is 5.17. The lowest BCUT2D eigenvalue weighted by atomic mass is 10.1. The van der Waals surface area contributed by atoms with Gasteiger partial charge in [-0.3, -0.25) is 9.59 Å². The van der Waals surface area contributed by atoms with Crippen LogP contribution in [0.4, 0.5) is 5.69 Å². The van der Waals surface area contributed by atoms with E-state index in [1.807, 2.05) is 0 Å². The van der Waals surface area contributed by atoms with Gasteiger partial charge in [0.25, 0.3) is 5.91 Å². The van der Waals surface area contributed by atoms with E-state index >= 15 is 0 Å². The van der Waals surface area contributed by atoms with Crippen molar-refractivity contribution in [2.45, 2.75) is 12.5 Å². The van der Waals surface area contributed by atoms with E-state index in [9.17, 15) is 9.59 Å². The molecule has 1 unspecified atom stereocenters. The fourth-order valence-electron chi connectivity index (χ4n) is 1.84. The second-order valence-electron chi connectivity index (χ2n) is 4.24. The molecule has 2 amide bonds. The molecule has 1 fully saturated rings. The van der Waals surface area contributed by atoms with Crippen LogP contribution in [-0.4, -0.2) is 31.1 Å². The molecule has 0 bridgehead atoms. The highest BCUT2D eigenvalue weighted by atomic mass is 16.5. The van der Waals surface area contributed by atoms with Gasteiger partial charge in [-0.05, 0) is 24.6 Å². The number of carbonyl (C=O) groups excluding carboxylic acids is 2. The van der Waals surface area contributed by atoms with Crippen LogP contribution in [0.25, 0.3) is 0 Å². The maximum absolute atomic E-state index is 12.0. The molecule has 0 spiro atoms. The summed E-state index contributed by atoms with van der Waals surface area (Å²) in [5.74, 6) is -0.888. The van der Waals surface area contributed by atoms with E-state index in [0.29, 0.717) is 24.5 Å². The van der Waals surface area contributed by atoms with Gasteiger partial charge in [0.1, 0.15) is 0 Å². The number of primary amides is 1. The molecule has 1 aromatic rings. The van der Waals surface area contributed by atoms with Gasteiger partial charge in [-0.2, -0.15) is 0 Å². The zero-order chi connectivity index (χ0) is 13.1. The number of amides is 2. The van der Waals surface area contributed by atoms with Crippen molar-refractivity contribution in [3.63, 3.8) is 0 Å². The third-order valence-corrected chi connectivity index (χ3v) is 2.77. The van der Waals surface area contributed by atoms with Crippen molar-refractivity contribution in [3.8, 4) is 0 Å². The topological polar surface area (TPSA) is 107 Å². The van der Waals surface area contributed by atoms with Crippen LogP contribution in [0.15, 0.2) is 18.2 Å². The fraction of sp³-hybridized carbons (Fsp3) is 0.333. The summed E-state index contributed by atoms with van der Waals surface area (Å²) >= 11 is 0. The molecule has 0 radical (unpaired) electrons. The molecule has 0 aromatic heterocycles. The quantitative estimate of drug-likeness (QED) is 0.649. The van der Waals surface area contributed by atoms with Crippen molar-refractivity contribution in [1.29, 1.82) is 0 Å². The lowest BCUT2D eigenvalue weighted by molar-refractivity contribution is 0.0930. The first kappa shape index (κ1) is 12.4. The largest absolute Gasteiger partial charge is 0.399 e. The highest BCUT2D eigenvalue weighted by Gasteiger charge is 2.19. The Kier molecular flexibility index (Phi) is 3.47. The summed E-state index contributed by atoms with van der Waals surface area (Å²) in [5.41, 5.74) is 11.7. The Labute approximate surface area is 104 Å². The van der Waals surface area contributed by atoms with Crippen LogP contribution in [0.3, 0.4) is 0 Å². The Hall–Kier alpha value is -2.08. The normalized spacial score (nSPS) is 18.6. The number of nitrogens with two attached hydrogens (primary N) is 2. The number of nitrogen functional groups attached to an aromatic ring is 1. The van der Waals surface area contributed by atoms with E-state index in [4.69, 9.17) is 16.2 Å². The minimum Gasteiger partial charge on any atom is -0.399 e. The van der Waals surface area contributed by atoms with Crippen LogP contribution in [0.1, 0.15) is 27.1 Å². The number of ether oxygens (including phenoxy) is 1. The maximum Gasteiger partial charge on any atom is 0.251 e. The molecule has 1 saturated heterocycles. The number of anilines is 1. The number of hydrogen-bond acceptors (Lipinski definition) is 4. The molecule has 1 heterocycles. The molecule has 0 aliphatic carbocycles. The fourth-order valence-corrected chi connectivity index (χ4v) is 1.84. The van der Waals surface area contributed by atoms with Crippen molar-refractivity contribution >= 4 is 17.5 Å². The van der Waals surface area contributed by atoms with Crippen LogP contribution < -0.4 is 16.8 Å². The van der Waals surface area contributed by atoms with E-state index in [1.165, 1.54) is 18.2 Å². The maximum atomic E-state index is 12.0. The van der Waals surface area contributed by atoms with Gasteiger partial charge in [0.2, 0.25) is 5.91 Å². The molecule has 2 rings (SSSR count). The Morgan fingerprint density at radius 2 is 2.00 bits per heavy atom. The predicted molar refractivity (Wildman–Crippen MR) is 66.1 cm³/mol. The average molecular weight is 249 g/mol. The molecule has 5 N–H and O–H groups in total. The van der Waals surface area contributed by atoms with E-state index in [1.54, 1.807) is 0 Å². The van der Waals surface area contributed by atoms with E-state index in [2.05, 4.69) is 5.32 Å². The molecule has 1 atom stereocenters. The first-order chi connectivity index (χ1) is 8.56. The average Bonchev–Trinajstić information content (AvgIpc) is 2.80. The van der Waals surface area contributed by atoms with Gasteiger partial charge in [-0.25, -0.2) is 0 Å². The van der Waals surface area contributed by atoms with Crippen molar-refractivity contribution in [1.82, 2.24) is 5.32 Å². The second kappa shape index (κ2) is 5.05. The molecule has 1 aromatic carbocycles. The Morgan fingerprint density at radius 3 is 2.61 bits per heavy atom. The first-order valence-electron chi connectivity index (χ1n) is 5.65. The summed E-state index contributed by atoms with van der Waals surface area (Å²) in [5, 5.41) is 2.82. The van der Waals surface area contributed by atoms with Crippen LogP contribution >= 0.6 is 0 Å². The Morgan fingerprint density at radius 1 is 1.28 bits per heavy atom. The number of benzene rings is 1. The van der Waals surface area contributed by atoms with E-state index in [-0.39, 0.29) is 17.5 Å². The van der Waals surface area contributed by atoms with Crippen molar-refractivity contribution in [2.75, 3.05) is 18.9 Å². The van der Waals surface area contributed by atoms with Gasteiger partial charge in [0, 0.05) is 23.4 Å². The van der Waals surface area contributed by atoms with Crippen LogP contribution in [0.5, 0.6) is 0 Å². The monoisotopic (exact) mass is 249 g/mol. The molecular formula is C12H15N3O3. The Bertz CT molecular complexity index is 481. The summed E-state index contributed by atoms with van der Waals surface area (Å²) in [6.45, 7) is 1.16. The van der Waals surface area contributed by atoms with Gasteiger partial charge < -0.3 is 21.5 Å². The highest BCUT2D eigenvalue weighted by molar-refractivity contribution is 6.00. The van der Waals surface area contributed by atoms with Crippen molar-refractivity contribution in [2.24, 2.45) is 5.73 Å². The molecule has 1 aliphatic rings. The van der Waals surface area contributed by atoms with Gasteiger partial charge in [0.05, 0.1) is 12.6 Å². The van der Waals surface area contributed by atoms with Gasteiger partial charge >= 0.3 is 0 Å². The summed E-state index contributed by atoms with van der Waals surface area (Å²) in [4.78, 5) is 23.0. The lowest BCUT2D eigenvalue weighted by Gasteiger charge is -2.11. The SMILES string of the molecule is NC(=O)c1cc(N)cc(C(=O)NC2CCOC2)c1. The molecule has 96 valence electrons. The first-order valence-corrected chi connectivity index (χ1v) is 5.65. The van der Waals surface area contributed by atoms with Crippen molar-refractivity contribution in [3.05, 3.63) is 29.3 Å². The zero-order valence-corrected chi connectivity index (χ0v) is 9.81. The molecule has 18 heavy (non-hydrogen) atoms. The minimum atomic E-state index is -0.611. The lowest BCUT2D eigenvalue weighted by Crippen LogP contribution is -2.35. The number of nitrogens with one attached hydrogen (secondary N) is 1. The zero-order valence-electron chi connectivity index (χ0n) is 9.81. The minimum absolute atomic E-state index is 0.0101. The molecular weight excluding hydrogens is 234 g/mol. The van der Waals surface area contributed by atoms with Gasteiger partial charge in [-0.1, -0.05) is 0 Å². The standard InChI is InChI=1S/C12H15N3O3/c13-9-4-7(11(14)16)3-8(5-9)12(17)15-10-1-2-18-6-10/h3-5,10H,1-2,6,13H2,(H2,14,16)(H,15,17). The molecule has 6 heteroatoms. The van der Waals surface area contributed by atoms with Crippen LogP contribution in [-0.2, 0) is 4.74 Å². The summed E-state index contributed by atoms with van der Waals surface area (Å²) in [7, 11) is 0. The highest BCUT2D eigenvalue weighted by Crippen LogP contribution is 2.13. The van der Waals surface area contributed by atoms with Crippen LogP contribution in [0.2, 0.25) is 0 Å². The van der Waals surface area contributed by atoms with Gasteiger partial charge in [0.15, 0.2) is 0 Å². The second-order valence-corrected chi connectivity index (χ2v) is 4.24. The summed E-state index contributed by atoms with van der Waals surface area (Å²) in [6.07, 6.45) is 0.788. The third kappa shape index (κ3) is 2.78. The Balaban J connectivity index is 2.16. The molecule has 6 nitrogen and oxygen atoms in total. The van der Waals surface area contributed by atoms with Crippen LogP contribution in [0, 0.1) is 0 Å². The smallest absolute Gasteiger partial charge is 0.251 e. The number of rotatable bonds is 3. The predicted octanol–water partition coefficient (Wildman–Crippen LogP) is -0.114. The van der Waals surface area contributed by atoms with Gasteiger partial charge in [-0.15, -0.1) is 0 Å². The van der Waals surface area contributed by atoms with E-state index < -0.39 is 5.91 Å². The number of hydrogen-bond donors (Lipinski definition) is 3.